The first-order chi connectivity index (χ1) is 14.9. The largest absolute Gasteiger partial charge is 0.496 e. The Hall–Kier alpha value is -3.80. The van der Waals surface area contributed by atoms with Crippen LogP contribution in [-0.4, -0.2) is 29.1 Å². The minimum absolute atomic E-state index is 0.0740. The van der Waals surface area contributed by atoms with Crippen LogP contribution in [0.15, 0.2) is 42.5 Å². The number of amides is 1. The SMILES string of the molecule is COc1ccccc1-c1ccc2c(c1)NC(=O)C2=Cc1[nH]c(C)c(CCC(=O)O)c1C. The fourth-order valence-electron chi connectivity index (χ4n) is 4.10. The number of aromatic amines is 1. The monoisotopic (exact) mass is 416 g/mol. The van der Waals surface area contributed by atoms with Gasteiger partial charge in [0.1, 0.15) is 5.75 Å². The minimum atomic E-state index is -0.824. The Morgan fingerprint density at radius 2 is 1.90 bits per heavy atom. The number of methoxy groups -OCH3 is 1. The molecule has 0 aliphatic carbocycles. The minimum Gasteiger partial charge on any atom is -0.496 e. The quantitative estimate of drug-likeness (QED) is 0.503. The molecule has 1 aliphatic heterocycles. The maximum atomic E-state index is 12.7. The number of nitrogens with one attached hydrogen (secondary N) is 2. The number of aromatic nitrogens is 1. The van der Waals surface area contributed by atoms with Gasteiger partial charge in [-0.3, -0.25) is 9.59 Å². The number of anilines is 1. The molecule has 31 heavy (non-hydrogen) atoms. The van der Waals surface area contributed by atoms with Crippen molar-refractivity contribution in [3.05, 3.63) is 70.5 Å². The lowest BCUT2D eigenvalue weighted by Gasteiger charge is -2.09. The number of para-hydroxylation sites is 1. The van der Waals surface area contributed by atoms with Crippen molar-refractivity contribution in [1.82, 2.24) is 4.98 Å². The molecule has 0 atom stereocenters. The van der Waals surface area contributed by atoms with E-state index in [9.17, 15) is 9.59 Å². The number of benzene rings is 2. The van der Waals surface area contributed by atoms with E-state index in [0.29, 0.717) is 12.0 Å². The highest BCUT2D eigenvalue weighted by Crippen LogP contribution is 2.38. The Balaban J connectivity index is 1.70. The Kier molecular flexibility index (Phi) is 5.38. The number of carboxylic acid groups (broad SMARTS) is 1. The number of aliphatic carboxylic acids is 1. The van der Waals surface area contributed by atoms with Crippen LogP contribution in [0.3, 0.4) is 0 Å². The van der Waals surface area contributed by atoms with Gasteiger partial charge in [0.25, 0.3) is 5.91 Å². The first kappa shape index (κ1) is 20.5. The first-order valence-corrected chi connectivity index (χ1v) is 10.1. The van der Waals surface area contributed by atoms with E-state index in [1.807, 2.05) is 62.4 Å². The summed E-state index contributed by atoms with van der Waals surface area (Å²) >= 11 is 0. The lowest BCUT2D eigenvalue weighted by Crippen LogP contribution is -2.03. The fourth-order valence-corrected chi connectivity index (χ4v) is 4.10. The zero-order valence-electron chi connectivity index (χ0n) is 17.7. The Morgan fingerprint density at radius 3 is 2.65 bits per heavy atom. The molecule has 0 fully saturated rings. The summed E-state index contributed by atoms with van der Waals surface area (Å²) in [6, 6.07) is 13.6. The molecule has 3 N–H and O–H groups in total. The number of rotatable bonds is 6. The van der Waals surface area contributed by atoms with Crippen LogP contribution in [-0.2, 0) is 16.0 Å². The van der Waals surface area contributed by atoms with Crippen molar-refractivity contribution in [2.45, 2.75) is 26.7 Å². The summed E-state index contributed by atoms with van der Waals surface area (Å²) in [6.07, 6.45) is 2.37. The summed E-state index contributed by atoms with van der Waals surface area (Å²) in [4.78, 5) is 27.0. The van der Waals surface area contributed by atoms with E-state index in [2.05, 4.69) is 10.3 Å². The molecule has 0 radical (unpaired) electrons. The van der Waals surface area contributed by atoms with E-state index >= 15 is 0 Å². The van der Waals surface area contributed by atoms with E-state index < -0.39 is 5.97 Å². The van der Waals surface area contributed by atoms with Crippen LogP contribution in [0.4, 0.5) is 5.69 Å². The zero-order chi connectivity index (χ0) is 22.1. The number of carboxylic acids is 1. The molecule has 0 unspecified atom stereocenters. The van der Waals surface area contributed by atoms with Gasteiger partial charge in [-0.05, 0) is 55.2 Å². The second kappa shape index (κ2) is 8.14. The fraction of sp³-hybridized carbons (Fsp3) is 0.200. The number of H-pyrrole nitrogens is 1. The van der Waals surface area contributed by atoms with Gasteiger partial charge in [-0.2, -0.15) is 0 Å². The first-order valence-electron chi connectivity index (χ1n) is 10.1. The van der Waals surface area contributed by atoms with E-state index in [-0.39, 0.29) is 12.3 Å². The topological polar surface area (TPSA) is 91.4 Å². The zero-order valence-corrected chi connectivity index (χ0v) is 17.7. The maximum absolute atomic E-state index is 12.7. The summed E-state index contributed by atoms with van der Waals surface area (Å²) < 4.78 is 5.46. The van der Waals surface area contributed by atoms with Crippen LogP contribution in [0.2, 0.25) is 0 Å². The van der Waals surface area contributed by atoms with Gasteiger partial charge >= 0.3 is 5.97 Å². The van der Waals surface area contributed by atoms with Gasteiger partial charge in [0.15, 0.2) is 0 Å². The van der Waals surface area contributed by atoms with Crippen LogP contribution < -0.4 is 10.1 Å². The average Bonchev–Trinajstić information content (AvgIpc) is 3.21. The van der Waals surface area contributed by atoms with Crippen molar-refractivity contribution < 1.29 is 19.4 Å². The van der Waals surface area contributed by atoms with Crippen molar-refractivity contribution in [1.29, 1.82) is 0 Å². The predicted octanol–water partition coefficient (Wildman–Crippen LogP) is 4.82. The third-order valence-corrected chi connectivity index (χ3v) is 5.73. The molecule has 3 aromatic rings. The molecule has 6 nitrogen and oxygen atoms in total. The lowest BCUT2D eigenvalue weighted by atomic mass is 9.98. The standard InChI is InChI=1S/C25H24N2O4/c1-14-17(10-11-24(28)29)15(2)26-21(14)13-20-19-9-8-16(12-22(19)27-25(20)30)18-6-4-5-7-23(18)31-3/h4-9,12-13,26H,10-11H2,1-3H3,(H,27,30)(H,28,29). The molecule has 1 aromatic heterocycles. The number of hydrogen-bond donors (Lipinski definition) is 3. The van der Waals surface area contributed by atoms with Crippen molar-refractivity contribution >= 4 is 29.2 Å². The molecule has 4 rings (SSSR count). The molecule has 2 aromatic carbocycles. The van der Waals surface area contributed by atoms with E-state index in [4.69, 9.17) is 9.84 Å². The summed E-state index contributed by atoms with van der Waals surface area (Å²) in [7, 11) is 1.64. The molecule has 0 spiro atoms. The molecular weight excluding hydrogens is 392 g/mol. The predicted molar refractivity (Wildman–Crippen MR) is 121 cm³/mol. The van der Waals surface area contributed by atoms with E-state index in [1.165, 1.54) is 0 Å². The molecule has 1 aliphatic rings. The van der Waals surface area contributed by atoms with Gasteiger partial charge < -0.3 is 20.1 Å². The molecule has 0 saturated heterocycles. The van der Waals surface area contributed by atoms with Gasteiger partial charge in [-0.25, -0.2) is 0 Å². The second-order valence-electron chi connectivity index (χ2n) is 7.63. The summed E-state index contributed by atoms with van der Waals surface area (Å²) in [5.41, 5.74) is 7.79. The van der Waals surface area contributed by atoms with Crippen LogP contribution in [0.1, 0.15) is 34.5 Å². The number of hydrogen-bond acceptors (Lipinski definition) is 3. The highest BCUT2D eigenvalue weighted by Gasteiger charge is 2.25. The second-order valence-corrected chi connectivity index (χ2v) is 7.63. The Labute approximate surface area is 180 Å². The van der Waals surface area contributed by atoms with Crippen molar-refractivity contribution in [3.8, 4) is 16.9 Å². The number of carbonyl (C=O) groups excluding carboxylic acids is 1. The summed E-state index contributed by atoms with van der Waals surface area (Å²) in [5.74, 6) is -0.213. The highest BCUT2D eigenvalue weighted by molar-refractivity contribution is 6.35. The highest BCUT2D eigenvalue weighted by atomic mass is 16.5. The molecule has 0 saturated carbocycles. The van der Waals surface area contributed by atoms with Crippen molar-refractivity contribution in [2.75, 3.05) is 12.4 Å². The van der Waals surface area contributed by atoms with E-state index in [0.717, 1.165) is 50.6 Å². The number of fused-ring (bicyclic) bond motifs is 1. The number of carbonyl (C=O) groups is 2. The average molecular weight is 416 g/mol. The summed E-state index contributed by atoms with van der Waals surface area (Å²) in [6.45, 7) is 3.88. The molecule has 158 valence electrons. The molecule has 0 bridgehead atoms. The maximum Gasteiger partial charge on any atom is 0.303 e. The number of aryl methyl sites for hydroxylation is 1. The third kappa shape index (κ3) is 3.84. The molecular formula is C25H24N2O4. The van der Waals surface area contributed by atoms with Gasteiger partial charge in [-0.15, -0.1) is 0 Å². The Morgan fingerprint density at radius 1 is 1.13 bits per heavy atom. The van der Waals surface area contributed by atoms with Crippen LogP contribution in [0.25, 0.3) is 22.8 Å². The number of ether oxygens (including phenoxy) is 1. The van der Waals surface area contributed by atoms with E-state index in [1.54, 1.807) is 7.11 Å². The van der Waals surface area contributed by atoms with Gasteiger partial charge in [0, 0.05) is 34.6 Å². The van der Waals surface area contributed by atoms with Gasteiger partial charge in [0.05, 0.1) is 12.7 Å². The Bertz CT molecular complexity index is 1220. The molecule has 2 heterocycles. The molecule has 6 heteroatoms. The summed E-state index contributed by atoms with van der Waals surface area (Å²) in [5, 5.41) is 11.9. The van der Waals surface area contributed by atoms with Crippen LogP contribution in [0.5, 0.6) is 5.75 Å². The third-order valence-electron chi connectivity index (χ3n) is 5.73. The smallest absolute Gasteiger partial charge is 0.303 e. The van der Waals surface area contributed by atoms with Crippen molar-refractivity contribution in [2.24, 2.45) is 0 Å². The van der Waals surface area contributed by atoms with Gasteiger partial charge in [-0.1, -0.05) is 30.3 Å². The molecule has 1 amide bonds. The van der Waals surface area contributed by atoms with Gasteiger partial charge in [0.2, 0.25) is 0 Å². The van der Waals surface area contributed by atoms with Crippen LogP contribution >= 0.6 is 0 Å². The van der Waals surface area contributed by atoms with Crippen molar-refractivity contribution in [3.63, 3.8) is 0 Å². The van der Waals surface area contributed by atoms with Crippen LogP contribution in [0, 0.1) is 13.8 Å². The lowest BCUT2D eigenvalue weighted by molar-refractivity contribution is -0.137. The normalized spacial score (nSPS) is 13.9.